The maximum Gasteiger partial charge on any atom is 0.472 e. The Morgan fingerprint density at radius 3 is 1.24 bits per heavy atom. The van der Waals surface area contributed by atoms with Gasteiger partial charge in [-0.25, -0.2) is 4.57 Å². The van der Waals surface area contributed by atoms with E-state index >= 15 is 0 Å². The van der Waals surface area contributed by atoms with Crippen LogP contribution < -0.4 is 5.73 Å². The molecule has 0 aromatic carbocycles. The van der Waals surface area contributed by atoms with Gasteiger partial charge >= 0.3 is 19.8 Å². The lowest BCUT2D eigenvalue weighted by Crippen LogP contribution is -2.29. The third kappa shape index (κ3) is 50.3. The number of esters is 2. The minimum absolute atomic E-state index is 0.0461. The number of unbranched alkanes of at least 4 members (excludes halogenated alkanes) is 19. The molecule has 0 aromatic rings. The highest BCUT2D eigenvalue weighted by Crippen LogP contribution is 2.43. The van der Waals surface area contributed by atoms with Crippen LogP contribution >= 0.6 is 7.82 Å². The number of phosphoric acid groups is 1. The number of nitrogens with two attached hydrogens (primary N) is 1. The van der Waals surface area contributed by atoms with Crippen molar-refractivity contribution in [3.8, 4) is 0 Å². The standard InChI is InChI=1S/C56H96NO8P/c1-3-5-7-9-11-13-15-17-19-21-22-23-24-25-26-27-28-29-30-31-32-33-35-37-39-41-43-45-47-49-56(59)65-54(53-64-66(60,61)63-51-50-57)52-62-55(58)48-46-44-42-40-38-36-34-20-18-16-14-12-10-8-6-4-2/h5,7,11,13-14,16-17,19-20,22-23,25-26,28-29,34,54H,3-4,6,8-10,12,15,18,21,24,27,30-33,35-53,57H2,1-2H3,(H,60,61)/b7-5-,13-11-,16-14-,19-17-,23-22-,26-25-,29-28-,34-20-. The summed E-state index contributed by atoms with van der Waals surface area (Å²) < 4.78 is 32.9. The third-order valence-corrected chi connectivity index (χ3v) is 11.7. The molecule has 0 amide bonds. The number of ether oxygens (including phenoxy) is 2. The minimum Gasteiger partial charge on any atom is -0.462 e. The lowest BCUT2D eigenvalue weighted by Gasteiger charge is -2.19. The lowest BCUT2D eigenvalue weighted by molar-refractivity contribution is -0.161. The Kier molecular flexibility index (Phi) is 48.9. The molecule has 0 aliphatic carbocycles. The van der Waals surface area contributed by atoms with E-state index in [0.717, 1.165) is 103 Å². The second-order valence-corrected chi connectivity index (χ2v) is 18.5. The summed E-state index contributed by atoms with van der Waals surface area (Å²) in [6.07, 6.45) is 67.3. The van der Waals surface area contributed by atoms with E-state index in [0.29, 0.717) is 12.8 Å². The number of allylic oxidation sites excluding steroid dienone is 16. The van der Waals surface area contributed by atoms with E-state index in [2.05, 4.69) is 111 Å². The summed E-state index contributed by atoms with van der Waals surface area (Å²) in [6, 6.07) is 0. The van der Waals surface area contributed by atoms with Crippen molar-refractivity contribution in [3.63, 3.8) is 0 Å². The highest BCUT2D eigenvalue weighted by Gasteiger charge is 2.26. The summed E-state index contributed by atoms with van der Waals surface area (Å²) in [5, 5.41) is 0. The average Bonchev–Trinajstić information content (AvgIpc) is 3.31. The van der Waals surface area contributed by atoms with Gasteiger partial charge in [0.25, 0.3) is 0 Å². The van der Waals surface area contributed by atoms with Gasteiger partial charge in [0.1, 0.15) is 6.61 Å². The predicted octanol–water partition coefficient (Wildman–Crippen LogP) is 16.1. The molecule has 0 rings (SSSR count). The van der Waals surface area contributed by atoms with Crippen molar-refractivity contribution in [1.82, 2.24) is 0 Å². The van der Waals surface area contributed by atoms with Gasteiger partial charge in [-0.05, 0) is 96.3 Å². The molecule has 66 heavy (non-hydrogen) atoms. The van der Waals surface area contributed by atoms with E-state index < -0.39 is 32.5 Å². The Hall–Kier alpha value is -3.07. The number of phosphoric ester groups is 1. The zero-order valence-electron chi connectivity index (χ0n) is 41.9. The fourth-order valence-electron chi connectivity index (χ4n) is 6.84. The van der Waals surface area contributed by atoms with Gasteiger partial charge in [0.05, 0.1) is 13.2 Å². The van der Waals surface area contributed by atoms with Crippen LogP contribution in [0.5, 0.6) is 0 Å². The van der Waals surface area contributed by atoms with E-state index in [1.807, 2.05) is 0 Å². The summed E-state index contributed by atoms with van der Waals surface area (Å²) in [7, 11) is -4.39. The van der Waals surface area contributed by atoms with Crippen molar-refractivity contribution in [2.45, 2.75) is 219 Å². The summed E-state index contributed by atoms with van der Waals surface area (Å²) in [5.41, 5.74) is 5.37. The van der Waals surface area contributed by atoms with Crippen molar-refractivity contribution in [3.05, 3.63) is 97.2 Å². The van der Waals surface area contributed by atoms with Gasteiger partial charge in [-0.3, -0.25) is 18.6 Å². The summed E-state index contributed by atoms with van der Waals surface area (Å²) in [6.45, 7) is 3.58. The number of rotatable bonds is 48. The van der Waals surface area contributed by atoms with Crippen LogP contribution in [0.25, 0.3) is 0 Å². The van der Waals surface area contributed by atoms with E-state index in [-0.39, 0.29) is 32.6 Å². The van der Waals surface area contributed by atoms with Gasteiger partial charge in [0.15, 0.2) is 6.10 Å². The fourth-order valence-corrected chi connectivity index (χ4v) is 7.61. The summed E-state index contributed by atoms with van der Waals surface area (Å²) in [5.74, 6) is -0.853. The van der Waals surface area contributed by atoms with Crippen molar-refractivity contribution in [2.75, 3.05) is 26.4 Å². The Labute approximate surface area is 404 Å². The second-order valence-electron chi connectivity index (χ2n) is 17.0. The average molecular weight is 942 g/mol. The molecule has 0 aromatic heterocycles. The summed E-state index contributed by atoms with van der Waals surface area (Å²) in [4.78, 5) is 35.1. The van der Waals surface area contributed by atoms with Crippen LogP contribution in [0.4, 0.5) is 0 Å². The number of hydrogen-bond donors (Lipinski definition) is 2. The topological polar surface area (TPSA) is 134 Å². The Morgan fingerprint density at radius 2 is 0.833 bits per heavy atom. The smallest absolute Gasteiger partial charge is 0.462 e. The first-order valence-electron chi connectivity index (χ1n) is 26.2. The molecule has 0 spiro atoms. The van der Waals surface area contributed by atoms with Crippen LogP contribution in [0.2, 0.25) is 0 Å². The van der Waals surface area contributed by atoms with Gasteiger partial charge in [0, 0.05) is 19.4 Å². The molecule has 3 N–H and O–H groups in total. The number of carbonyl (C=O) groups is 2. The molecule has 0 aliphatic heterocycles. The lowest BCUT2D eigenvalue weighted by atomic mass is 10.0. The first-order chi connectivity index (χ1) is 32.3. The molecule has 0 fully saturated rings. The molecule has 9 nitrogen and oxygen atoms in total. The van der Waals surface area contributed by atoms with E-state index in [1.165, 1.54) is 70.6 Å². The number of carbonyl (C=O) groups excluding carboxylic acids is 2. The van der Waals surface area contributed by atoms with Crippen molar-refractivity contribution < 1.29 is 37.6 Å². The highest BCUT2D eigenvalue weighted by atomic mass is 31.2. The Morgan fingerprint density at radius 1 is 0.470 bits per heavy atom. The zero-order valence-corrected chi connectivity index (χ0v) is 42.8. The van der Waals surface area contributed by atoms with Crippen molar-refractivity contribution in [1.29, 1.82) is 0 Å². The van der Waals surface area contributed by atoms with E-state index in [4.69, 9.17) is 24.3 Å². The highest BCUT2D eigenvalue weighted by molar-refractivity contribution is 7.47. The first kappa shape index (κ1) is 62.9. The molecular weight excluding hydrogens is 846 g/mol. The molecule has 2 unspecified atom stereocenters. The fraction of sp³-hybridized carbons (Fsp3) is 0.679. The maximum absolute atomic E-state index is 12.7. The van der Waals surface area contributed by atoms with Crippen LogP contribution in [0.15, 0.2) is 97.2 Å². The molecule has 0 aliphatic rings. The molecule has 10 heteroatoms. The largest absolute Gasteiger partial charge is 0.472 e. The molecule has 0 saturated carbocycles. The normalized spacial score (nSPS) is 13.9. The van der Waals surface area contributed by atoms with E-state index in [1.54, 1.807) is 0 Å². The van der Waals surface area contributed by atoms with Crippen molar-refractivity contribution >= 4 is 19.8 Å². The SMILES string of the molecule is CC/C=C\C/C=C\C/C=C\C/C=C\C/C=C\C/C=C\CCCCCCCCCCCCC(=O)OC(COC(=O)CCCCCCC/C=C\C/C=C\CCCCCC)COP(=O)(O)OCCN. The monoisotopic (exact) mass is 942 g/mol. The predicted molar refractivity (Wildman–Crippen MR) is 279 cm³/mol. The molecule has 2 atom stereocenters. The zero-order chi connectivity index (χ0) is 48.1. The van der Waals surface area contributed by atoms with E-state index in [9.17, 15) is 19.0 Å². The molecular formula is C56H96NO8P. The molecule has 378 valence electrons. The van der Waals surface area contributed by atoms with Crippen LogP contribution in [-0.4, -0.2) is 49.3 Å². The van der Waals surface area contributed by atoms with Gasteiger partial charge in [-0.2, -0.15) is 0 Å². The molecule has 0 heterocycles. The molecule has 0 saturated heterocycles. The third-order valence-electron chi connectivity index (χ3n) is 10.7. The molecule has 0 bridgehead atoms. The van der Waals surface area contributed by atoms with Crippen LogP contribution in [0.1, 0.15) is 213 Å². The van der Waals surface area contributed by atoms with Gasteiger partial charge in [0.2, 0.25) is 0 Å². The Balaban J connectivity index is 4.06. The Bertz CT molecular complexity index is 1400. The molecule has 0 radical (unpaired) electrons. The van der Waals surface area contributed by atoms with Crippen LogP contribution in [0, 0.1) is 0 Å². The maximum atomic E-state index is 12.7. The first-order valence-corrected chi connectivity index (χ1v) is 27.7. The number of hydrogen-bond acceptors (Lipinski definition) is 8. The van der Waals surface area contributed by atoms with Gasteiger partial charge in [-0.1, -0.05) is 201 Å². The van der Waals surface area contributed by atoms with Gasteiger partial charge < -0.3 is 20.1 Å². The minimum atomic E-state index is -4.39. The van der Waals surface area contributed by atoms with Crippen LogP contribution in [0.3, 0.4) is 0 Å². The van der Waals surface area contributed by atoms with Crippen molar-refractivity contribution in [2.24, 2.45) is 5.73 Å². The second kappa shape index (κ2) is 51.3. The van der Waals surface area contributed by atoms with Crippen LogP contribution in [-0.2, 0) is 32.7 Å². The quantitative estimate of drug-likeness (QED) is 0.0265. The summed E-state index contributed by atoms with van der Waals surface area (Å²) >= 11 is 0. The van der Waals surface area contributed by atoms with Gasteiger partial charge in [-0.15, -0.1) is 0 Å².